The molecule has 8 rings (SSSR count). The van der Waals surface area contributed by atoms with E-state index in [4.69, 9.17) is 14.2 Å². The van der Waals surface area contributed by atoms with Crippen LogP contribution in [0, 0.1) is 0 Å². The molecule has 1 saturated heterocycles. The Kier molecular flexibility index (Phi) is 13.4. The number of nitrogens with zero attached hydrogens (tertiary/aromatic N) is 1. The fourth-order valence-electron chi connectivity index (χ4n) is 7.50. The van der Waals surface area contributed by atoms with E-state index in [9.17, 15) is 9.90 Å². The van der Waals surface area contributed by atoms with Gasteiger partial charge in [-0.3, -0.25) is 4.90 Å². The largest absolute Gasteiger partial charge is 0.457 e. The molecule has 0 bridgehead atoms. The zero-order valence-corrected chi connectivity index (χ0v) is 33.4. The number of carbonyl (C=O) groups excluding carboxylic acids is 1. The van der Waals surface area contributed by atoms with Gasteiger partial charge >= 0.3 is 6.03 Å². The molecular weight excluding hydrogens is 747 g/mol. The number of amides is 2. The highest BCUT2D eigenvalue weighted by Crippen LogP contribution is 2.39. The van der Waals surface area contributed by atoms with Gasteiger partial charge < -0.3 is 30.0 Å². The van der Waals surface area contributed by atoms with E-state index in [1.807, 2.05) is 84.9 Å². The van der Waals surface area contributed by atoms with E-state index in [1.165, 1.54) is 11.1 Å². The third-order valence-corrected chi connectivity index (χ3v) is 10.5. The molecule has 3 N–H and O–H groups in total. The number of benzene rings is 7. The number of para-hydroxylation sites is 1. The lowest BCUT2D eigenvalue weighted by Crippen LogP contribution is -2.39. The van der Waals surface area contributed by atoms with Crippen molar-refractivity contribution in [2.24, 2.45) is 0 Å². The minimum atomic E-state index is -0.603. The van der Waals surface area contributed by atoms with Gasteiger partial charge in [0.15, 0.2) is 6.29 Å². The zero-order chi connectivity index (χ0) is 40.9. The van der Waals surface area contributed by atoms with Crippen molar-refractivity contribution in [3.63, 3.8) is 0 Å². The number of aliphatic hydroxyl groups excluding tert-OH is 1. The Morgan fingerprint density at radius 2 is 1.20 bits per heavy atom. The van der Waals surface area contributed by atoms with Crippen molar-refractivity contribution in [2.45, 2.75) is 51.2 Å². The van der Waals surface area contributed by atoms with Crippen molar-refractivity contribution >= 4 is 11.7 Å². The molecule has 1 heterocycles. The smallest absolute Gasteiger partial charge is 0.319 e. The molecule has 8 heteroatoms. The predicted molar refractivity (Wildman–Crippen MR) is 236 cm³/mol. The lowest BCUT2D eigenvalue weighted by molar-refractivity contribution is -0.253. The third kappa shape index (κ3) is 11.1. The number of carbonyl (C=O) groups is 1. The zero-order valence-electron chi connectivity index (χ0n) is 33.4. The average Bonchev–Trinajstić information content (AvgIpc) is 3.30. The molecule has 0 aliphatic carbocycles. The van der Waals surface area contributed by atoms with Gasteiger partial charge in [-0.05, 0) is 87.5 Å². The topological polar surface area (TPSA) is 92.3 Å². The number of ether oxygens (including phenoxy) is 3. The summed E-state index contributed by atoms with van der Waals surface area (Å²) in [7, 11) is 0. The van der Waals surface area contributed by atoms with Crippen LogP contribution in [0.1, 0.15) is 52.2 Å². The summed E-state index contributed by atoms with van der Waals surface area (Å²) >= 11 is 0. The molecule has 0 unspecified atom stereocenters. The number of nitrogens with one attached hydrogen (secondary N) is 2. The molecule has 7 aromatic carbocycles. The Bertz CT molecular complexity index is 2370. The molecule has 1 aliphatic rings. The summed E-state index contributed by atoms with van der Waals surface area (Å²) in [5.74, 6) is 1.44. The van der Waals surface area contributed by atoms with Gasteiger partial charge in [0.05, 0.1) is 18.8 Å². The molecule has 3 atom stereocenters. The van der Waals surface area contributed by atoms with Crippen molar-refractivity contribution in [3.05, 3.63) is 221 Å². The van der Waals surface area contributed by atoms with Crippen molar-refractivity contribution in [1.82, 2.24) is 10.2 Å². The van der Waals surface area contributed by atoms with Crippen LogP contribution >= 0.6 is 0 Å². The van der Waals surface area contributed by atoms with Gasteiger partial charge in [-0.1, -0.05) is 140 Å². The van der Waals surface area contributed by atoms with Crippen LogP contribution in [0.15, 0.2) is 188 Å². The normalized spacial score (nSPS) is 16.3. The van der Waals surface area contributed by atoms with Crippen LogP contribution in [0.5, 0.6) is 11.5 Å². The van der Waals surface area contributed by atoms with E-state index < -0.39 is 6.29 Å². The molecule has 0 radical (unpaired) electrons. The monoisotopic (exact) mass is 795 g/mol. The number of urea groups is 1. The first kappa shape index (κ1) is 40.2. The molecule has 8 nitrogen and oxygen atoms in total. The quantitative estimate of drug-likeness (QED) is 0.0957. The maximum Gasteiger partial charge on any atom is 0.319 e. The maximum absolute atomic E-state index is 12.9. The first-order chi connectivity index (χ1) is 29.5. The summed E-state index contributed by atoms with van der Waals surface area (Å²) in [5.41, 5.74) is 9.01. The fourth-order valence-corrected chi connectivity index (χ4v) is 7.50. The SMILES string of the molecule is O=C(NCc1cccc(-c2cccc([C@H]3O[C@@H](CN(Cc4ccccc4)Cc4ccccc4)C[C@@H](c4ccc(CO)cc4)O3)c2)c1)Nc1ccc(Oc2ccccc2)cc1. The van der Waals surface area contributed by atoms with Gasteiger partial charge in [0.25, 0.3) is 0 Å². The molecule has 0 aromatic heterocycles. The van der Waals surface area contributed by atoms with Crippen LogP contribution in [0.3, 0.4) is 0 Å². The van der Waals surface area contributed by atoms with Crippen LogP contribution in [0.25, 0.3) is 11.1 Å². The van der Waals surface area contributed by atoms with Crippen LogP contribution in [0.2, 0.25) is 0 Å². The van der Waals surface area contributed by atoms with Crippen molar-refractivity contribution in [3.8, 4) is 22.6 Å². The average molecular weight is 796 g/mol. The van der Waals surface area contributed by atoms with E-state index >= 15 is 0 Å². The summed E-state index contributed by atoms with van der Waals surface area (Å²) in [5, 5.41) is 15.6. The van der Waals surface area contributed by atoms with E-state index in [-0.39, 0.29) is 24.8 Å². The maximum atomic E-state index is 12.9. The van der Waals surface area contributed by atoms with Gasteiger partial charge in [0, 0.05) is 43.9 Å². The Labute approximate surface area is 352 Å². The standard InChI is InChI=1S/C52H49N3O5/c56-37-40-22-24-42(25-23-40)50-32-49(36-55(34-38-12-4-1-5-13-38)35-39-14-6-2-7-15-39)59-51(60-50)45-19-11-18-44(31-45)43-17-10-16-41(30-43)33-53-52(57)54-46-26-28-48(29-27-46)58-47-20-8-3-9-21-47/h1-31,49-51,56H,32-37H2,(H2,53,54,57)/t49-,50+,51+/m1/s1. The third-order valence-electron chi connectivity index (χ3n) is 10.5. The number of hydrogen-bond acceptors (Lipinski definition) is 6. The Morgan fingerprint density at radius 3 is 1.87 bits per heavy atom. The number of aliphatic hydroxyl groups is 1. The first-order valence-electron chi connectivity index (χ1n) is 20.4. The molecule has 302 valence electrons. The molecular formula is C52H49N3O5. The first-order valence-corrected chi connectivity index (χ1v) is 20.4. The Morgan fingerprint density at radius 1 is 0.600 bits per heavy atom. The highest BCUT2D eigenvalue weighted by molar-refractivity contribution is 5.89. The molecule has 1 fully saturated rings. The van der Waals surface area contributed by atoms with Crippen molar-refractivity contribution < 1.29 is 24.1 Å². The molecule has 0 saturated carbocycles. The van der Waals surface area contributed by atoms with Crippen LogP contribution in [-0.2, 0) is 35.7 Å². The fraction of sp³-hybridized carbons (Fsp3) is 0.173. The number of anilines is 1. The van der Waals surface area contributed by atoms with Crippen LogP contribution in [0.4, 0.5) is 10.5 Å². The Hall–Kier alpha value is -6.55. The van der Waals surface area contributed by atoms with E-state index in [2.05, 4.69) is 119 Å². The molecule has 2 amide bonds. The minimum Gasteiger partial charge on any atom is -0.457 e. The second-order valence-corrected chi connectivity index (χ2v) is 15.1. The number of rotatable bonds is 15. The predicted octanol–water partition coefficient (Wildman–Crippen LogP) is 11.2. The van der Waals surface area contributed by atoms with E-state index in [0.717, 1.165) is 52.2 Å². The lowest BCUT2D eigenvalue weighted by atomic mass is 9.98. The van der Waals surface area contributed by atoms with Crippen molar-refractivity contribution in [1.29, 1.82) is 0 Å². The van der Waals surface area contributed by atoms with Crippen LogP contribution < -0.4 is 15.4 Å². The molecule has 0 spiro atoms. The molecule has 1 aliphatic heterocycles. The summed E-state index contributed by atoms with van der Waals surface area (Å²) in [6.07, 6.45) is -0.246. The van der Waals surface area contributed by atoms with E-state index in [1.54, 1.807) is 0 Å². The summed E-state index contributed by atoms with van der Waals surface area (Å²) < 4.78 is 19.5. The minimum absolute atomic E-state index is 0.00810. The van der Waals surface area contributed by atoms with Gasteiger partial charge in [0.2, 0.25) is 0 Å². The van der Waals surface area contributed by atoms with Crippen LogP contribution in [-0.4, -0.2) is 28.7 Å². The molecule has 60 heavy (non-hydrogen) atoms. The summed E-state index contributed by atoms with van der Waals surface area (Å²) in [6, 6.07) is 62.2. The van der Waals surface area contributed by atoms with E-state index in [0.29, 0.717) is 30.9 Å². The highest BCUT2D eigenvalue weighted by Gasteiger charge is 2.33. The number of hydrogen-bond donors (Lipinski definition) is 3. The Balaban J connectivity index is 0.957. The molecule has 7 aromatic rings. The van der Waals surface area contributed by atoms with Gasteiger partial charge in [-0.2, -0.15) is 0 Å². The van der Waals surface area contributed by atoms with Crippen molar-refractivity contribution in [2.75, 3.05) is 11.9 Å². The summed E-state index contributed by atoms with van der Waals surface area (Å²) in [6.45, 7) is 2.63. The summed E-state index contributed by atoms with van der Waals surface area (Å²) in [4.78, 5) is 15.3. The second kappa shape index (κ2) is 19.9. The van der Waals surface area contributed by atoms with Gasteiger partial charge in [-0.25, -0.2) is 4.79 Å². The van der Waals surface area contributed by atoms with Gasteiger partial charge in [-0.15, -0.1) is 0 Å². The highest BCUT2D eigenvalue weighted by atomic mass is 16.7. The second-order valence-electron chi connectivity index (χ2n) is 15.1. The van der Waals surface area contributed by atoms with Gasteiger partial charge in [0.1, 0.15) is 11.5 Å². The lowest BCUT2D eigenvalue weighted by Gasteiger charge is -2.38.